The monoisotopic (exact) mass is 202 g/mol. The smallest absolute Gasteiger partial charge is 0.0492 e. The van der Waals surface area contributed by atoms with E-state index in [0.717, 1.165) is 11.8 Å². The number of nitrogens with zero attached hydrogens (tertiary/aromatic N) is 2. The zero-order chi connectivity index (χ0) is 7.40. The quantitative estimate of drug-likeness (QED) is 0.684. The van der Waals surface area contributed by atoms with Gasteiger partial charge in [-0.15, -0.1) is 0 Å². The maximum Gasteiger partial charge on any atom is 0.0492 e. The Bertz CT molecular complexity index is 195. The SMILES string of the molecule is Cn1nccc1CCCBr. The highest BCUT2D eigenvalue weighted by atomic mass is 79.9. The van der Waals surface area contributed by atoms with Gasteiger partial charge in [0.15, 0.2) is 0 Å². The molecule has 1 heterocycles. The number of rotatable bonds is 3. The molecule has 0 aliphatic rings. The molecule has 1 aromatic heterocycles. The molecule has 0 atom stereocenters. The maximum atomic E-state index is 4.07. The zero-order valence-electron chi connectivity index (χ0n) is 6.05. The van der Waals surface area contributed by atoms with Crippen molar-refractivity contribution in [3.63, 3.8) is 0 Å². The van der Waals surface area contributed by atoms with Gasteiger partial charge in [-0.05, 0) is 18.9 Å². The fraction of sp³-hybridized carbons (Fsp3) is 0.571. The first-order valence-corrected chi connectivity index (χ1v) is 4.49. The van der Waals surface area contributed by atoms with Gasteiger partial charge >= 0.3 is 0 Å². The summed E-state index contributed by atoms with van der Waals surface area (Å²) < 4.78 is 1.92. The van der Waals surface area contributed by atoms with E-state index in [9.17, 15) is 0 Å². The van der Waals surface area contributed by atoms with Crippen molar-refractivity contribution in [3.05, 3.63) is 18.0 Å². The van der Waals surface area contributed by atoms with Crippen molar-refractivity contribution in [2.75, 3.05) is 5.33 Å². The van der Waals surface area contributed by atoms with Crippen LogP contribution in [0.3, 0.4) is 0 Å². The van der Waals surface area contributed by atoms with Gasteiger partial charge in [0.05, 0.1) is 0 Å². The highest BCUT2D eigenvalue weighted by molar-refractivity contribution is 9.09. The van der Waals surface area contributed by atoms with Gasteiger partial charge < -0.3 is 0 Å². The summed E-state index contributed by atoms with van der Waals surface area (Å²) >= 11 is 3.39. The van der Waals surface area contributed by atoms with Crippen LogP contribution in [-0.4, -0.2) is 15.1 Å². The highest BCUT2D eigenvalue weighted by Gasteiger charge is 1.95. The van der Waals surface area contributed by atoms with E-state index in [0.29, 0.717) is 0 Å². The van der Waals surface area contributed by atoms with Crippen LogP contribution >= 0.6 is 15.9 Å². The van der Waals surface area contributed by atoms with Crippen LogP contribution in [0, 0.1) is 0 Å². The number of aryl methyl sites for hydroxylation is 2. The summed E-state index contributed by atoms with van der Waals surface area (Å²) in [5, 5.41) is 5.14. The number of alkyl halides is 1. The van der Waals surface area contributed by atoms with Gasteiger partial charge in [-0.1, -0.05) is 15.9 Å². The minimum atomic E-state index is 1.07. The zero-order valence-corrected chi connectivity index (χ0v) is 7.63. The largest absolute Gasteiger partial charge is 0.273 e. The summed E-state index contributed by atoms with van der Waals surface area (Å²) in [4.78, 5) is 0. The first-order valence-electron chi connectivity index (χ1n) is 3.37. The van der Waals surface area contributed by atoms with Crippen LogP contribution in [0.1, 0.15) is 12.1 Å². The van der Waals surface area contributed by atoms with Gasteiger partial charge in [0.1, 0.15) is 0 Å². The average molecular weight is 203 g/mol. The molecule has 0 aliphatic heterocycles. The molecule has 0 aromatic carbocycles. The summed E-state index contributed by atoms with van der Waals surface area (Å²) in [6, 6.07) is 2.06. The Morgan fingerprint density at radius 2 is 2.50 bits per heavy atom. The van der Waals surface area contributed by atoms with Crippen molar-refractivity contribution >= 4 is 15.9 Å². The van der Waals surface area contributed by atoms with Gasteiger partial charge in [-0.2, -0.15) is 5.10 Å². The van der Waals surface area contributed by atoms with Gasteiger partial charge in [-0.25, -0.2) is 0 Å². The predicted octanol–water partition coefficient (Wildman–Crippen LogP) is 1.75. The number of hydrogen-bond acceptors (Lipinski definition) is 1. The normalized spacial score (nSPS) is 10.2. The molecular weight excluding hydrogens is 192 g/mol. The molecule has 0 saturated carbocycles. The second-order valence-corrected chi connectivity index (χ2v) is 3.03. The Morgan fingerprint density at radius 1 is 1.70 bits per heavy atom. The molecule has 0 radical (unpaired) electrons. The summed E-state index contributed by atoms with van der Waals surface area (Å²) in [7, 11) is 1.98. The number of aromatic nitrogens is 2. The third-order valence-electron chi connectivity index (χ3n) is 1.49. The highest BCUT2D eigenvalue weighted by Crippen LogP contribution is 2.01. The molecule has 0 unspecified atom stereocenters. The minimum absolute atomic E-state index is 1.07. The van der Waals surface area contributed by atoms with E-state index in [-0.39, 0.29) is 0 Å². The molecule has 56 valence electrons. The first-order chi connectivity index (χ1) is 4.84. The third-order valence-corrected chi connectivity index (χ3v) is 2.05. The fourth-order valence-electron chi connectivity index (χ4n) is 0.894. The van der Waals surface area contributed by atoms with Crippen LogP contribution in [-0.2, 0) is 13.5 Å². The van der Waals surface area contributed by atoms with Gasteiger partial charge in [0.2, 0.25) is 0 Å². The predicted molar refractivity (Wildman–Crippen MR) is 45.3 cm³/mol. The Kier molecular flexibility index (Phi) is 2.93. The van der Waals surface area contributed by atoms with Gasteiger partial charge in [-0.3, -0.25) is 4.68 Å². The van der Waals surface area contributed by atoms with Crippen molar-refractivity contribution in [3.8, 4) is 0 Å². The lowest BCUT2D eigenvalue weighted by molar-refractivity contribution is 0.700. The molecule has 0 aliphatic carbocycles. The molecule has 0 saturated heterocycles. The van der Waals surface area contributed by atoms with Gasteiger partial charge in [0, 0.05) is 24.3 Å². The molecular formula is C7H11BrN2. The molecule has 3 heteroatoms. The average Bonchev–Trinajstić information content (AvgIpc) is 2.31. The van der Waals surface area contributed by atoms with Gasteiger partial charge in [0.25, 0.3) is 0 Å². The lowest BCUT2D eigenvalue weighted by Crippen LogP contribution is -1.97. The summed E-state index contributed by atoms with van der Waals surface area (Å²) in [6.07, 6.45) is 4.13. The number of halogens is 1. The van der Waals surface area contributed by atoms with Crippen molar-refractivity contribution in [2.45, 2.75) is 12.8 Å². The second kappa shape index (κ2) is 3.76. The number of hydrogen-bond donors (Lipinski definition) is 0. The molecule has 10 heavy (non-hydrogen) atoms. The van der Waals surface area contributed by atoms with Crippen LogP contribution in [0.4, 0.5) is 0 Å². The summed E-state index contributed by atoms with van der Waals surface area (Å²) in [5.74, 6) is 0. The molecule has 0 bridgehead atoms. The minimum Gasteiger partial charge on any atom is -0.273 e. The van der Waals surface area contributed by atoms with Crippen LogP contribution in [0.5, 0.6) is 0 Å². The standard InChI is InChI=1S/C7H11BrN2/c1-10-7(3-2-5-8)4-6-9-10/h4,6H,2-3,5H2,1H3. The summed E-state index contributed by atoms with van der Waals surface area (Å²) in [6.45, 7) is 0. The molecule has 0 spiro atoms. The van der Waals surface area contributed by atoms with Crippen LogP contribution in [0.2, 0.25) is 0 Å². The van der Waals surface area contributed by atoms with Crippen LogP contribution in [0.15, 0.2) is 12.3 Å². The van der Waals surface area contributed by atoms with E-state index in [1.165, 1.54) is 12.1 Å². The Balaban J connectivity index is 2.49. The summed E-state index contributed by atoms with van der Waals surface area (Å²) in [5.41, 5.74) is 1.31. The van der Waals surface area contributed by atoms with Crippen molar-refractivity contribution in [1.82, 2.24) is 9.78 Å². The third kappa shape index (κ3) is 1.84. The fourth-order valence-corrected chi connectivity index (χ4v) is 1.17. The van der Waals surface area contributed by atoms with Crippen LogP contribution in [0.25, 0.3) is 0 Å². The maximum absolute atomic E-state index is 4.07. The van der Waals surface area contributed by atoms with E-state index in [1.807, 2.05) is 17.9 Å². The lowest BCUT2D eigenvalue weighted by atomic mass is 10.2. The lowest BCUT2D eigenvalue weighted by Gasteiger charge is -1.97. The van der Waals surface area contributed by atoms with E-state index in [2.05, 4.69) is 27.1 Å². The molecule has 2 nitrogen and oxygen atoms in total. The molecule has 1 aromatic rings. The molecule has 0 N–H and O–H groups in total. The topological polar surface area (TPSA) is 17.8 Å². The van der Waals surface area contributed by atoms with Crippen molar-refractivity contribution < 1.29 is 0 Å². The Labute approximate surface area is 69.4 Å². The molecule has 0 amide bonds. The van der Waals surface area contributed by atoms with E-state index >= 15 is 0 Å². The Morgan fingerprint density at radius 3 is 3.00 bits per heavy atom. The van der Waals surface area contributed by atoms with Crippen molar-refractivity contribution in [2.24, 2.45) is 7.05 Å². The second-order valence-electron chi connectivity index (χ2n) is 2.24. The van der Waals surface area contributed by atoms with E-state index < -0.39 is 0 Å². The Hall–Kier alpha value is -0.310. The first kappa shape index (κ1) is 7.79. The van der Waals surface area contributed by atoms with E-state index in [4.69, 9.17) is 0 Å². The molecule has 0 fully saturated rings. The van der Waals surface area contributed by atoms with E-state index in [1.54, 1.807) is 0 Å². The molecule has 1 rings (SSSR count). The van der Waals surface area contributed by atoms with Crippen molar-refractivity contribution in [1.29, 1.82) is 0 Å². The van der Waals surface area contributed by atoms with Crippen LogP contribution < -0.4 is 0 Å².